The van der Waals surface area contributed by atoms with Crippen LogP contribution in [0.5, 0.6) is 5.75 Å². The average molecular weight is 812 g/mol. The van der Waals surface area contributed by atoms with Gasteiger partial charge in [0.25, 0.3) is 0 Å². The second kappa shape index (κ2) is 17.6. The normalized spacial score (nSPS) is 25.8. The number of nitrogens with one attached hydrogen (secondary N) is 1. The number of phenolic OH excluding ortho intramolecular Hbond substituents is 1. The van der Waals surface area contributed by atoms with Crippen molar-refractivity contribution >= 4 is 29.8 Å². The van der Waals surface area contributed by atoms with E-state index in [0.717, 1.165) is 22.3 Å². The Labute approximate surface area is 344 Å². The molecule has 14 nitrogen and oxygen atoms in total. The zero-order valence-corrected chi connectivity index (χ0v) is 33.8. The molecule has 8 atom stereocenters. The Morgan fingerprint density at radius 2 is 1.75 bits per heavy atom. The molecule has 3 aliphatic heterocycles. The molecule has 8 unspecified atom stereocenters. The third-order valence-electron chi connectivity index (χ3n) is 11.4. The minimum Gasteiger partial charge on any atom is -0.508 e. The molecule has 3 saturated heterocycles. The van der Waals surface area contributed by atoms with E-state index in [1.54, 1.807) is 40.0 Å². The fourth-order valence-electron chi connectivity index (χ4n) is 8.70. The van der Waals surface area contributed by atoms with Gasteiger partial charge in [0.2, 0.25) is 11.8 Å². The lowest BCUT2D eigenvalue weighted by atomic mass is 9.62. The first kappa shape index (κ1) is 42.0. The average Bonchev–Trinajstić information content (AvgIpc) is 3.83. The van der Waals surface area contributed by atoms with Crippen molar-refractivity contribution in [3.63, 3.8) is 0 Å². The molecule has 2 amide bonds. The number of ether oxygens (including phenoxy) is 4. The Hall–Kier alpha value is -5.12. The number of nitrogens with zero attached hydrogens (tertiary/aromatic N) is 2. The third-order valence-corrected chi connectivity index (χ3v) is 11.4. The zero-order chi connectivity index (χ0) is 41.9. The molecule has 2 bridgehead atoms. The van der Waals surface area contributed by atoms with Gasteiger partial charge in [-0.25, -0.2) is 0 Å². The van der Waals surface area contributed by atoms with E-state index in [4.69, 9.17) is 23.8 Å². The van der Waals surface area contributed by atoms with Crippen LogP contribution in [0.2, 0.25) is 0 Å². The third kappa shape index (κ3) is 9.07. The van der Waals surface area contributed by atoms with Crippen LogP contribution in [-0.2, 0) is 62.3 Å². The minimum absolute atomic E-state index is 0.0356. The second-order valence-corrected chi connectivity index (χ2v) is 16.7. The number of aliphatic hydroxyl groups is 1. The van der Waals surface area contributed by atoms with E-state index in [2.05, 4.69) is 5.32 Å². The van der Waals surface area contributed by atoms with E-state index in [0.29, 0.717) is 6.42 Å². The second-order valence-electron chi connectivity index (χ2n) is 16.7. The van der Waals surface area contributed by atoms with Gasteiger partial charge in [-0.15, -0.1) is 0 Å². The fourth-order valence-corrected chi connectivity index (χ4v) is 8.70. The number of aliphatic hydroxyl groups excluding tert-OH is 1. The highest BCUT2D eigenvalue weighted by Crippen LogP contribution is 2.56. The molecule has 7 rings (SSSR count). The van der Waals surface area contributed by atoms with Crippen molar-refractivity contribution in [3.05, 3.63) is 107 Å². The van der Waals surface area contributed by atoms with Crippen LogP contribution in [0.4, 0.5) is 0 Å². The summed E-state index contributed by atoms with van der Waals surface area (Å²) >= 11 is 0. The molecule has 4 aliphatic rings. The van der Waals surface area contributed by atoms with E-state index in [-0.39, 0.29) is 44.8 Å². The molecule has 3 N–H and O–H groups in total. The molecule has 0 spiro atoms. The van der Waals surface area contributed by atoms with Crippen LogP contribution in [-0.4, -0.2) is 113 Å². The van der Waals surface area contributed by atoms with Crippen molar-refractivity contribution in [2.45, 2.75) is 108 Å². The number of hydrogen-bond donors (Lipinski definition) is 3. The van der Waals surface area contributed by atoms with Crippen LogP contribution in [0.25, 0.3) is 6.08 Å². The van der Waals surface area contributed by atoms with Gasteiger partial charge in [0, 0.05) is 26.3 Å². The lowest BCUT2D eigenvalue weighted by molar-refractivity contribution is -0.204. The van der Waals surface area contributed by atoms with E-state index >= 15 is 4.79 Å². The summed E-state index contributed by atoms with van der Waals surface area (Å²) in [6, 6.07) is 21.1. The van der Waals surface area contributed by atoms with Crippen molar-refractivity contribution < 1.29 is 53.2 Å². The first-order valence-electron chi connectivity index (χ1n) is 20.1. The molecule has 3 heterocycles. The Balaban J connectivity index is 1.15. The zero-order valence-electron chi connectivity index (χ0n) is 33.8. The summed E-state index contributed by atoms with van der Waals surface area (Å²) in [6.45, 7) is 4.91. The Morgan fingerprint density at radius 1 is 1.02 bits per heavy atom. The largest absolute Gasteiger partial charge is 0.508 e. The molecule has 4 fully saturated rings. The van der Waals surface area contributed by atoms with Crippen molar-refractivity contribution in [1.82, 2.24) is 15.3 Å². The van der Waals surface area contributed by atoms with Crippen LogP contribution >= 0.6 is 0 Å². The topological polar surface area (TPSA) is 173 Å². The van der Waals surface area contributed by atoms with E-state index in [1.165, 1.54) is 9.96 Å². The SMILES string of the molecule is CN(C(=O)C12CC3OC(=O)C1N(Cc1cccc(C=CCc4ccccc4O)c1)OC2C1OCOC31)C(Cc1ccccc1)C(=O)NC(CO)CCC(=O)OC(C)(C)C. The molecule has 14 heteroatoms. The van der Waals surface area contributed by atoms with Gasteiger partial charge in [-0.3, -0.25) is 24.0 Å². The maximum absolute atomic E-state index is 15.4. The molecular formula is C45H53N3O11. The van der Waals surface area contributed by atoms with Gasteiger partial charge >= 0.3 is 11.9 Å². The lowest BCUT2D eigenvalue weighted by Crippen LogP contribution is -2.70. The summed E-state index contributed by atoms with van der Waals surface area (Å²) in [5.41, 5.74) is 1.08. The predicted molar refractivity (Wildman–Crippen MR) is 214 cm³/mol. The van der Waals surface area contributed by atoms with Crippen LogP contribution < -0.4 is 5.32 Å². The van der Waals surface area contributed by atoms with Crippen molar-refractivity contribution in [3.8, 4) is 5.75 Å². The standard InChI is InChI=1S/C45H53N3O11/c1-44(2,3)58-36(51)21-20-32(26-49)46-41(52)33(23-29-12-6-5-7-13-29)47(4)43(54)45-24-35-37-38(56-27-55-37)40(45)59-48(39(45)42(53)57-35)25-30-16-10-14-28(22-30)15-11-18-31-17-8-9-19-34(31)50/h5-17,19,22,32-33,35,37-40,49-50H,18,20-21,23-27H2,1-4H3,(H,46,52). The lowest BCUT2D eigenvalue weighted by Gasteiger charge is -2.50. The Morgan fingerprint density at radius 3 is 2.49 bits per heavy atom. The van der Waals surface area contributed by atoms with Gasteiger partial charge in [-0.1, -0.05) is 84.9 Å². The van der Waals surface area contributed by atoms with Gasteiger partial charge in [0.1, 0.15) is 54.0 Å². The number of carbonyl (C=O) groups is 4. The number of hydroxylamine groups is 2. The van der Waals surface area contributed by atoms with Gasteiger partial charge in [0.15, 0.2) is 6.04 Å². The van der Waals surface area contributed by atoms with Crippen molar-refractivity contribution in [2.24, 2.45) is 5.41 Å². The summed E-state index contributed by atoms with van der Waals surface area (Å²) in [6.07, 6.45) is 1.62. The number of phenols is 1. The number of rotatable bonds is 15. The van der Waals surface area contributed by atoms with E-state index < -0.39 is 83.9 Å². The van der Waals surface area contributed by atoms with Crippen molar-refractivity contribution in [2.75, 3.05) is 20.4 Å². The Bertz CT molecular complexity index is 2040. The summed E-state index contributed by atoms with van der Waals surface area (Å²) < 4.78 is 23.4. The number of esters is 2. The van der Waals surface area contributed by atoms with Crippen molar-refractivity contribution in [1.29, 1.82) is 0 Å². The number of fused-ring (bicyclic) bond motifs is 4. The summed E-state index contributed by atoms with van der Waals surface area (Å²) in [5, 5.41) is 24.8. The molecule has 1 aliphatic carbocycles. The fraction of sp³-hybridized carbons (Fsp3) is 0.467. The molecule has 59 heavy (non-hydrogen) atoms. The van der Waals surface area contributed by atoms with Gasteiger partial charge < -0.3 is 39.4 Å². The van der Waals surface area contributed by atoms with Gasteiger partial charge in [-0.2, -0.15) is 5.06 Å². The molecule has 0 radical (unpaired) electrons. The number of likely N-dealkylation sites (N-methyl/N-ethyl adjacent to an activating group) is 1. The number of amides is 2. The smallest absolute Gasteiger partial charge is 0.327 e. The maximum Gasteiger partial charge on any atom is 0.327 e. The first-order valence-corrected chi connectivity index (χ1v) is 20.1. The predicted octanol–water partition coefficient (Wildman–Crippen LogP) is 3.86. The Kier molecular flexibility index (Phi) is 12.5. The van der Waals surface area contributed by atoms with Crippen LogP contribution in [0, 0.1) is 5.41 Å². The van der Waals surface area contributed by atoms with Gasteiger partial charge in [0.05, 0.1) is 19.2 Å². The van der Waals surface area contributed by atoms with Gasteiger partial charge in [-0.05, 0) is 61.9 Å². The number of aromatic hydroxyl groups is 1. The number of para-hydroxylation sites is 1. The first-order chi connectivity index (χ1) is 28.3. The highest BCUT2D eigenvalue weighted by Gasteiger charge is 2.75. The number of carbonyl (C=O) groups excluding carboxylic acids is 4. The maximum atomic E-state index is 15.4. The van der Waals surface area contributed by atoms with Crippen LogP contribution in [0.15, 0.2) is 84.9 Å². The molecule has 3 aromatic rings. The number of benzene rings is 3. The van der Waals surface area contributed by atoms with Crippen LogP contribution in [0.1, 0.15) is 62.3 Å². The highest BCUT2D eigenvalue weighted by molar-refractivity contribution is 5.96. The minimum atomic E-state index is -1.51. The summed E-state index contributed by atoms with van der Waals surface area (Å²) in [4.78, 5) is 64.3. The quantitative estimate of drug-likeness (QED) is 0.190. The molecule has 1 saturated carbocycles. The van der Waals surface area contributed by atoms with E-state index in [9.17, 15) is 24.6 Å². The monoisotopic (exact) mass is 811 g/mol. The molecule has 0 aromatic heterocycles. The molecular weight excluding hydrogens is 759 g/mol. The summed E-state index contributed by atoms with van der Waals surface area (Å²) in [7, 11) is 1.54. The number of allylic oxidation sites excluding steroid dienone is 1. The summed E-state index contributed by atoms with van der Waals surface area (Å²) in [5.74, 6) is -1.89. The highest BCUT2D eigenvalue weighted by atomic mass is 16.8. The van der Waals surface area contributed by atoms with Crippen LogP contribution in [0.3, 0.4) is 0 Å². The van der Waals surface area contributed by atoms with E-state index in [1.807, 2.05) is 78.9 Å². The molecule has 314 valence electrons. The number of hydrogen-bond acceptors (Lipinski definition) is 12. The molecule has 3 aromatic carbocycles.